The van der Waals surface area contributed by atoms with Crippen molar-refractivity contribution in [3.63, 3.8) is 0 Å². The van der Waals surface area contributed by atoms with Crippen LogP contribution in [0.2, 0.25) is 0 Å². The summed E-state index contributed by atoms with van der Waals surface area (Å²) in [5, 5.41) is 17.1. The molecule has 1 N–H and O–H groups in total. The maximum Gasteiger partial charge on any atom is 0.273 e. The maximum atomic E-state index is 12.4. The molecule has 0 radical (unpaired) electrons. The number of sulfone groups is 1. The Balaban J connectivity index is 1.73. The standard InChI is InChI=1S/C14H19N5O4S2/c1-8(2)13-16-17-14(24-13)15-12(21)10-3-4-11(20)19(18-10)9-5-6-25(22,23)7-9/h8-9H,3-7H2,1-2H3,(H,15,17,21)/t9-/m0/s1. The SMILES string of the molecule is CC(C)c1nnc(NC(=O)C2=NN([C@H]3CCS(=O)(=O)C3)C(=O)CC2)s1. The number of carbonyl (C=O) groups is 2. The van der Waals surface area contributed by atoms with Crippen LogP contribution in [0.3, 0.4) is 0 Å². The predicted molar refractivity (Wildman–Crippen MR) is 93.2 cm³/mol. The van der Waals surface area contributed by atoms with E-state index in [1.807, 2.05) is 13.8 Å². The molecule has 0 aromatic carbocycles. The van der Waals surface area contributed by atoms with E-state index in [1.54, 1.807) is 0 Å². The van der Waals surface area contributed by atoms with Gasteiger partial charge in [0.25, 0.3) is 5.91 Å². The van der Waals surface area contributed by atoms with Crippen molar-refractivity contribution in [1.29, 1.82) is 0 Å². The molecule has 1 saturated heterocycles. The second-order valence-electron chi connectivity index (χ2n) is 6.40. The van der Waals surface area contributed by atoms with Gasteiger partial charge in [0.2, 0.25) is 11.0 Å². The molecule has 0 unspecified atom stereocenters. The van der Waals surface area contributed by atoms with E-state index in [4.69, 9.17) is 0 Å². The molecule has 3 rings (SSSR count). The quantitative estimate of drug-likeness (QED) is 0.817. The number of aromatic nitrogens is 2. The summed E-state index contributed by atoms with van der Waals surface area (Å²) in [6.07, 6.45) is 0.702. The highest BCUT2D eigenvalue weighted by Gasteiger charge is 2.37. The fourth-order valence-corrected chi connectivity index (χ4v) is 5.11. The minimum Gasteiger partial charge on any atom is -0.295 e. The molecule has 2 aliphatic rings. The number of nitrogens with zero attached hydrogens (tertiary/aromatic N) is 4. The van der Waals surface area contributed by atoms with E-state index in [-0.39, 0.29) is 41.9 Å². The summed E-state index contributed by atoms with van der Waals surface area (Å²) in [6, 6.07) is -0.491. The predicted octanol–water partition coefficient (Wildman–Crippen LogP) is 0.765. The number of carbonyl (C=O) groups excluding carboxylic acids is 2. The molecule has 1 aromatic heterocycles. The average Bonchev–Trinajstić information content (AvgIpc) is 3.14. The summed E-state index contributed by atoms with van der Waals surface area (Å²) in [7, 11) is -3.14. The zero-order valence-corrected chi connectivity index (χ0v) is 15.6. The molecule has 3 heterocycles. The van der Waals surface area contributed by atoms with Crippen molar-refractivity contribution >= 4 is 43.8 Å². The fraction of sp³-hybridized carbons (Fsp3) is 0.643. The minimum atomic E-state index is -3.14. The summed E-state index contributed by atoms with van der Waals surface area (Å²) < 4.78 is 23.2. The summed E-state index contributed by atoms with van der Waals surface area (Å²) in [5.41, 5.74) is 0.199. The van der Waals surface area contributed by atoms with Crippen LogP contribution < -0.4 is 5.32 Å². The Labute approximate surface area is 149 Å². The third-order valence-electron chi connectivity index (χ3n) is 4.03. The van der Waals surface area contributed by atoms with Crippen LogP contribution in [0.15, 0.2) is 5.10 Å². The van der Waals surface area contributed by atoms with Crippen molar-refractivity contribution in [2.75, 3.05) is 16.8 Å². The Kier molecular flexibility index (Phi) is 4.87. The molecule has 136 valence electrons. The average molecular weight is 385 g/mol. The first-order valence-electron chi connectivity index (χ1n) is 8.00. The first-order chi connectivity index (χ1) is 11.7. The lowest BCUT2D eigenvalue weighted by atomic mass is 10.1. The van der Waals surface area contributed by atoms with Crippen LogP contribution in [0.4, 0.5) is 5.13 Å². The second-order valence-corrected chi connectivity index (χ2v) is 9.63. The highest BCUT2D eigenvalue weighted by atomic mass is 32.2. The van der Waals surface area contributed by atoms with Gasteiger partial charge >= 0.3 is 0 Å². The van der Waals surface area contributed by atoms with Crippen LogP contribution >= 0.6 is 11.3 Å². The van der Waals surface area contributed by atoms with Crippen LogP contribution in [0.5, 0.6) is 0 Å². The van der Waals surface area contributed by atoms with E-state index in [1.165, 1.54) is 16.3 Å². The lowest BCUT2D eigenvalue weighted by molar-refractivity contribution is -0.133. The molecule has 25 heavy (non-hydrogen) atoms. The lowest BCUT2D eigenvalue weighted by Crippen LogP contribution is -2.42. The summed E-state index contributed by atoms with van der Waals surface area (Å²) in [5.74, 6) is -0.541. The summed E-state index contributed by atoms with van der Waals surface area (Å²) >= 11 is 1.29. The van der Waals surface area contributed by atoms with Gasteiger partial charge in [-0.25, -0.2) is 13.4 Å². The molecule has 2 amide bonds. The maximum absolute atomic E-state index is 12.4. The molecule has 0 aliphatic carbocycles. The van der Waals surface area contributed by atoms with Gasteiger partial charge in [-0.2, -0.15) is 5.10 Å². The van der Waals surface area contributed by atoms with Gasteiger partial charge in [0, 0.05) is 18.8 Å². The largest absolute Gasteiger partial charge is 0.295 e. The normalized spacial score (nSPS) is 23.0. The minimum absolute atomic E-state index is 0.0429. The van der Waals surface area contributed by atoms with E-state index < -0.39 is 21.8 Å². The first-order valence-corrected chi connectivity index (χ1v) is 10.6. The third kappa shape index (κ3) is 4.03. The van der Waals surface area contributed by atoms with Crippen molar-refractivity contribution in [2.24, 2.45) is 5.10 Å². The number of nitrogens with one attached hydrogen (secondary N) is 1. The number of hydrazone groups is 1. The molecule has 0 spiro atoms. The van der Waals surface area contributed by atoms with Gasteiger partial charge in [0.15, 0.2) is 9.84 Å². The summed E-state index contributed by atoms with van der Waals surface area (Å²) in [6.45, 7) is 3.97. The Morgan fingerprint density at radius 1 is 1.32 bits per heavy atom. The van der Waals surface area contributed by atoms with Gasteiger partial charge in [-0.15, -0.1) is 10.2 Å². The Morgan fingerprint density at radius 2 is 2.08 bits per heavy atom. The Morgan fingerprint density at radius 3 is 2.68 bits per heavy atom. The van der Waals surface area contributed by atoms with Crippen molar-refractivity contribution < 1.29 is 18.0 Å². The number of hydrogen-bond acceptors (Lipinski definition) is 8. The van der Waals surface area contributed by atoms with E-state index in [2.05, 4.69) is 20.6 Å². The fourth-order valence-electron chi connectivity index (χ4n) is 2.68. The molecule has 0 saturated carbocycles. The van der Waals surface area contributed by atoms with Gasteiger partial charge < -0.3 is 0 Å². The van der Waals surface area contributed by atoms with Crippen LogP contribution in [-0.4, -0.2) is 58.7 Å². The van der Waals surface area contributed by atoms with Crippen molar-refractivity contribution in [3.05, 3.63) is 5.01 Å². The van der Waals surface area contributed by atoms with Crippen molar-refractivity contribution in [1.82, 2.24) is 15.2 Å². The molecule has 9 nitrogen and oxygen atoms in total. The van der Waals surface area contributed by atoms with Gasteiger partial charge in [0.05, 0.1) is 17.5 Å². The van der Waals surface area contributed by atoms with E-state index in [0.29, 0.717) is 11.6 Å². The topological polar surface area (TPSA) is 122 Å². The molecule has 0 bridgehead atoms. The molecular formula is C14H19N5O4S2. The van der Waals surface area contributed by atoms with Gasteiger partial charge in [-0.1, -0.05) is 25.2 Å². The monoisotopic (exact) mass is 385 g/mol. The van der Waals surface area contributed by atoms with E-state index in [9.17, 15) is 18.0 Å². The third-order valence-corrected chi connectivity index (χ3v) is 6.92. The Hall–Kier alpha value is -1.88. The number of rotatable bonds is 4. The smallest absolute Gasteiger partial charge is 0.273 e. The molecule has 11 heteroatoms. The van der Waals surface area contributed by atoms with Gasteiger partial charge in [-0.05, 0) is 6.42 Å². The van der Waals surface area contributed by atoms with Crippen LogP contribution in [0, 0.1) is 0 Å². The highest BCUT2D eigenvalue weighted by molar-refractivity contribution is 7.91. The summed E-state index contributed by atoms with van der Waals surface area (Å²) in [4.78, 5) is 24.5. The molecule has 1 fully saturated rings. The number of amides is 2. The zero-order valence-electron chi connectivity index (χ0n) is 13.9. The second kappa shape index (κ2) is 6.79. The lowest BCUT2D eigenvalue weighted by Gasteiger charge is -2.27. The van der Waals surface area contributed by atoms with Gasteiger partial charge in [-0.3, -0.25) is 14.9 Å². The highest BCUT2D eigenvalue weighted by Crippen LogP contribution is 2.24. The van der Waals surface area contributed by atoms with Gasteiger partial charge in [0.1, 0.15) is 10.7 Å². The molecule has 1 atom stereocenters. The number of hydrogen-bond donors (Lipinski definition) is 1. The Bertz CT molecular complexity index is 830. The van der Waals surface area contributed by atoms with E-state index >= 15 is 0 Å². The molecule has 1 aromatic rings. The van der Waals surface area contributed by atoms with E-state index in [0.717, 1.165) is 5.01 Å². The first kappa shape index (κ1) is 17.9. The number of anilines is 1. The van der Waals surface area contributed by atoms with Crippen molar-refractivity contribution in [2.45, 2.75) is 45.1 Å². The van der Waals surface area contributed by atoms with Crippen LogP contribution in [0.1, 0.15) is 44.0 Å². The molecule has 2 aliphatic heterocycles. The van der Waals surface area contributed by atoms with Crippen LogP contribution in [0.25, 0.3) is 0 Å². The van der Waals surface area contributed by atoms with Crippen molar-refractivity contribution in [3.8, 4) is 0 Å². The zero-order chi connectivity index (χ0) is 18.2. The molecular weight excluding hydrogens is 366 g/mol. The van der Waals surface area contributed by atoms with Crippen LogP contribution in [-0.2, 0) is 19.4 Å².